The van der Waals surface area contributed by atoms with Crippen LogP contribution in [0.1, 0.15) is 13.3 Å². The quantitative estimate of drug-likeness (QED) is 0.840. The number of carboxylic acids is 1. The number of aromatic nitrogens is 2. The summed E-state index contributed by atoms with van der Waals surface area (Å²) in [5.41, 5.74) is 0.797. The normalized spacial score (nSPS) is 12.3. The van der Waals surface area contributed by atoms with Crippen molar-refractivity contribution in [3.05, 3.63) is 30.6 Å². The molecule has 0 saturated carbocycles. The monoisotopic (exact) mass is 231 g/mol. The van der Waals surface area contributed by atoms with Crippen LogP contribution >= 0.6 is 0 Å². The Bertz CT molecular complexity index is 537. The zero-order chi connectivity index (χ0) is 12.3. The minimum Gasteiger partial charge on any atom is -0.480 e. The van der Waals surface area contributed by atoms with E-state index >= 15 is 0 Å². The Morgan fingerprint density at radius 3 is 2.88 bits per heavy atom. The number of para-hydroxylation sites is 1. The molecule has 17 heavy (non-hydrogen) atoms. The molecule has 0 aliphatic rings. The molecule has 1 unspecified atom stereocenters. The minimum absolute atomic E-state index is 0.494. The Morgan fingerprint density at radius 2 is 2.18 bits per heavy atom. The van der Waals surface area contributed by atoms with Crippen LogP contribution in [-0.2, 0) is 4.79 Å². The molecule has 1 aromatic carbocycles. The SMILES string of the molecule is CCC(Nc1ncnc2ccccc12)C(=O)O. The maximum Gasteiger partial charge on any atom is 0.326 e. The highest BCUT2D eigenvalue weighted by Crippen LogP contribution is 2.19. The van der Waals surface area contributed by atoms with Gasteiger partial charge in [0, 0.05) is 5.39 Å². The van der Waals surface area contributed by atoms with Crippen molar-refractivity contribution in [2.45, 2.75) is 19.4 Å². The molecule has 0 fully saturated rings. The first-order chi connectivity index (χ1) is 8.22. The first-order valence-corrected chi connectivity index (χ1v) is 5.41. The molecular weight excluding hydrogens is 218 g/mol. The second-order valence-corrected chi connectivity index (χ2v) is 3.68. The molecular formula is C12H13N3O2. The lowest BCUT2D eigenvalue weighted by atomic mass is 10.2. The molecule has 0 radical (unpaired) electrons. The predicted octanol–water partition coefficient (Wildman–Crippen LogP) is 1.90. The third-order valence-corrected chi connectivity index (χ3v) is 2.56. The van der Waals surface area contributed by atoms with Gasteiger partial charge in [-0.1, -0.05) is 19.1 Å². The van der Waals surface area contributed by atoms with Crippen LogP contribution in [-0.4, -0.2) is 27.1 Å². The lowest BCUT2D eigenvalue weighted by molar-refractivity contribution is -0.137. The maximum absolute atomic E-state index is 11.0. The molecule has 0 amide bonds. The highest BCUT2D eigenvalue weighted by Gasteiger charge is 2.16. The number of benzene rings is 1. The molecule has 5 nitrogen and oxygen atoms in total. The second kappa shape index (κ2) is 4.78. The van der Waals surface area contributed by atoms with E-state index in [1.54, 1.807) is 0 Å². The van der Waals surface area contributed by atoms with Crippen LogP contribution in [0.5, 0.6) is 0 Å². The van der Waals surface area contributed by atoms with E-state index in [1.807, 2.05) is 31.2 Å². The molecule has 0 bridgehead atoms. The van der Waals surface area contributed by atoms with Crippen molar-refractivity contribution in [2.75, 3.05) is 5.32 Å². The van der Waals surface area contributed by atoms with Crippen molar-refractivity contribution in [3.8, 4) is 0 Å². The van der Waals surface area contributed by atoms with E-state index in [1.165, 1.54) is 6.33 Å². The van der Waals surface area contributed by atoms with E-state index < -0.39 is 12.0 Å². The van der Waals surface area contributed by atoms with Gasteiger partial charge in [-0.3, -0.25) is 0 Å². The number of fused-ring (bicyclic) bond motifs is 1. The van der Waals surface area contributed by atoms with E-state index in [4.69, 9.17) is 5.11 Å². The summed E-state index contributed by atoms with van der Waals surface area (Å²) in [6, 6.07) is 6.86. The van der Waals surface area contributed by atoms with E-state index in [0.29, 0.717) is 12.2 Å². The summed E-state index contributed by atoms with van der Waals surface area (Å²) in [5.74, 6) is -0.319. The first kappa shape index (κ1) is 11.3. The van der Waals surface area contributed by atoms with Gasteiger partial charge in [-0.25, -0.2) is 14.8 Å². The van der Waals surface area contributed by atoms with E-state index in [-0.39, 0.29) is 0 Å². The van der Waals surface area contributed by atoms with Crippen LogP contribution in [0.4, 0.5) is 5.82 Å². The Labute approximate surface area is 98.5 Å². The molecule has 1 atom stereocenters. The maximum atomic E-state index is 11.0. The van der Waals surface area contributed by atoms with Gasteiger partial charge in [0.05, 0.1) is 5.52 Å². The number of anilines is 1. The first-order valence-electron chi connectivity index (χ1n) is 5.41. The fraction of sp³-hybridized carbons (Fsp3) is 0.250. The van der Waals surface area contributed by atoms with Gasteiger partial charge in [0.25, 0.3) is 0 Å². The van der Waals surface area contributed by atoms with E-state index in [2.05, 4.69) is 15.3 Å². The fourth-order valence-corrected chi connectivity index (χ4v) is 1.62. The van der Waals surface area contributed by atoms with Crippen LogP contribution in [0.25, 0.3) is 10.9 Å². The summed E-state index contributed by atoms with van der Waals surface area (Å²) in [6.45, 7) is 1.81. The second-order valence-electron chi connectivity index (χ2n) is 3.68. The van der Waals surface area contributed by atoms with Gasteiger partial charge >= 0.3 is 5.97 Å². The highest BCUT2D eigenvalue weighted by molar-refractivity contribution is 5.90. The number of carbonyl (C=O) groups is 1. The number of nitrogens with zero attached hydrogens (tertiary/aromatic N) is 2. The van der Waals surface area contributed by atoms with Gasteiger partial charge in [-0.05, 0) is 18.6 Å². The molecule has 2 rings (SSSR count). The number of aliphatic carboxylic acids is 1. The van der Waals surface area contributed by atoms with E-state index in [9.17, 15) is 4.79 Å². The van der Waals surface area contributed by atoms with Crippen molar-refractivity contribution in [1.29, 1.82) is 0 Å². The molecule has 2 N–H and O–H groups in total. The number of rotatable bonds is 4. The highest BCUT2D eigenvalue weighted by atomic mass is 16.4. The molecule has 0 aliphatic heterocycles. The summed E-state index contributed by atoms with van der Waals surface area (Å²) in [6.07, 6.45) is 1.92. The van der Waals surface area contributed by atoms with Gasteiger partial charge in [0.1, 0.15) is 18.2 Å². The van der Waals surface area contributed by atoms with Gasteiger partial charge in [0.15, 0.2) is 0 Å². The van der Waals surface area contributed by atoms with Crippen molar-refractivity contribution in [2.24, 2.45) is 0 Å². The Morgan fingerprint density at radius 1 is 1.41 bits per heavy atom. The minimum atomic E-state index is -0.879. The summed E-state index contributed by atoms with van der Waals surface area (Å²) >= 11 is 0. The van der Waals surface area contributed by atoms with Crippen LogP contribution in [0, 0.1) is 0 Å². The average Bonchev–Trinajstić information content (AvgIpc) is 2.35. The Hall–Kier alpha value is -2.17. The fourth-order valence-electron chi connectivity index (χ4n) is 1.62. The van der Waals surface area contributed by atoms with Gasteiger partial charge in [0.2, 0.25) is 0 Å². The van der Waals surface area contributed by atoms with Crippen LogP contribution in [0.3, 0.4) is 0 Å². The molecule has 1 aromatic heterocycles. The third kappa shape index (κ3) is 2.33. The third-order valence-electron chi connectivity index (χ3n) is 2.56. The lowest BCUT2D eigenvalue weighted by Crippen LogP contribution is -2.28. The Balaban J connectivity index is 2.38. The van der Waals surface area contributed by atoms with E-state index in [0.717, 1.165) is 10.9 Å². The molecule has 0 spiro atoms. The van der Waals surface area contributed by atoms with Crippen LogP contribution in [0.2, 0.25) is 0 Å². The smallest absolute Gasteiger partial charge is 0.326 e. The largest absolute Gasteiger partial charge is 0.480 e. The standard InChI is InChI=1S/C12H13N3O2/c1-2-9(12(16)17)15-11-8-5-3-4-6-10(8)13-7-14-11/h3-7,9H,2H2,1H3,(H,16,17)(H,13,14,15). The van der Waals surface area contributed by atoms with Crippen molar-refractivity contribution >= 4 is 22.7 Å². The number of nitrogens with one attached hydrogen (secondary N) is 1. The number of hydrogen-bond donors (Lipinski definition) is 2. The summed E-state index contributed by atoms with van der Waals surface area (Å²) in [7, 11) is 0. The van der Waals surface area contributed by atoms with Gasteiger partial charge in [-0.2, -0.15) is 0 Å². The molecule has 88 valence electrons. The van der Waals surface area contributed by atoms with Crippen LogP contribution in [0.15, 0.2) is 30.6 Å². The molecule has 0 saturated heterocycles. The number of hydrogen-bond acceptors (Lipinski definition) is 4. The summed E-state index contributed by atoms with van der Waals surface area (Å²) < 4.78 is 0. The summed E-state index contributed by atoms with van der Waals surface area (Å²) in [5, 5.41) is 12.7. The number of carboxylic acid groups (broad SMARTS) is 1. The summed E-state index contributed by atoms with van der Waals surface area (Å²) in [4.78, 5) is 19.2. The van der Waals surface area contributed by atoms with Gasteiger partial charge < -0.3 is 10.4 Å². The van der Waals surface area contributed by atoms with Gasteiger partial charge in [-0.15, -0.1) is 0 Å². The predicted molar refractivity (Wildman–Crippen MR) is 64.9 cm³/mol. The molecule has 5 heteroatoms. The Kier molecular flexibility index (Phi) is 3.18. The van der Waals surface area contributed by atoms with Crippen molar-refractivity contribution < 1.29 is 9.90 Å². The van der Waals surface area contributed by atoms with Crippen LogP contribution < -0.4 is 5.32 Å². The molecule has 1 heterocycles. The topological polar surface area (TPSA) is 75.1 Å². The zero-order valence-corrected chi connectivity index (χ0v) is 9.42. The van der Waals surface area contributed by atoms with Crippen molar-refractivity contribution in [1.82, 2.24) is 9.97 Å². The zero-order valence-electron chi connectivity index (χ0n) is 9.42. The van der Waals surface area contributed by atoms with Crippen molar-refractivity contribution in [3.63, 3.8) is 0 Å². The molecule has 0 aliphatic carbocycles. The average molecular weight is 231 g/mol. The molecule has 2 aromatic rings. The lowest BCUT2D eigenvalue weighted by Gasteiger charge is -2.13.